The lowest BCUT2D eigenvalue weighted by Crippen LogP contribution is -2.49. The number of rotatable bonds is 0. The fourth-order valence-corrected chi connectivity index (χ4v) is 5.91. The summed E-state index contributed by atoms with van der Waals surface area (Å²) in [7, 11) is 0. The van der Waals surface area contributed by atoms with E-state index in [1.807, 2.05) is 37.4 Å². The quantitative estimate of drug-likeness (QED) is 0.595. The topological polar surface area (TPSA) is 32.8 Å². The number of fused-ring (bicyclic) bond motifs is 3. The average Bonchev–Trinajstić information content (AvgIpc) is 2.71. The van der Waals surface area contributed by atoms with Crippen LogP contribution in [0.1, 0.15) is 45.1 Å². The zero-order chi connectivity index (χ0) is 17.8. The van der Waals surface area contributed by atoms with Crippen LogP contribution in [0, 0.1) is 0 Å². The number of ether oxygens (including phenoxy) is 1. The van der Waals surface area contributed by atoms with Gasteiger partial charge in [-0.1, -0.05) is 15.9 Å². The SMILES string of the molecule is CC(C)(C)OC(=O)N1CC[C@@H]2[C@H](C1)c1c(Br)ccc3c1N2CCCS3. The van der Waals surface area contributed by atoms with Crippen LogP contribution in [0.2, 0.25) is 0 Å². The molecule has 3 heterocycles. The third-order valence-corrected chi connectivity index (χ3v) is 7.04. The van der Waals surface area contributed by atoms with Gasteiger partial charge in [0.25, 0.3) is 0 Å². The zero-order valence-corrected chi connectivity index (χ0v) is 17.5. The Labute approximate surface area is 162 Å². The van der Waals surface area contributed by atoms with Gasteiger partial charge in [0, 0.05) is 41.0 Å². The van der Waals surface area contributed by atoms with E-state index in [0.717, 1.165) is 26.1 Å². The molecule has 1 amide bonds. The standard InChI is InChI=1S/C19H25BrN2O2S/c1-19(2,3)24-18(23)21-9-7-14-12(11-21)16-13(20)5-6-15-17(16)22(14)8-4-10-25-15/h5-6,12,14H,4,7-11H2,1-3H3/t12-,14+/m0/s1. The Morgan fingerprint density at radius 1 is 1.32 bits per heavy atom. The number of hydrogen-bond acceptors (Lipinski definition) is 4. The van der Waals surface area contributed by atoms with E-state index in [1.54, 1.807) is 0 Å². The smallest absolute Gasteiger partial charge is 0.410 e. The lowest BCUT2D eigenvalue weighted by atomic mass is 9.89. The number of anilines is 1. The minimum Gasteiger partial charge on any atom is -0.444 e. The molecule has 4 nitrogen and oxygen atoms in total. The van der Waals surface area contributed by atoms with Crippen molar-refractivity contribution in [1.29, 1.82) is 0 Å². The van der Waals surface area contributed by atoms with Crippen molar-refractivity contribution in [3.05, 3.63) is 22.2 Å². The highest BCUT2D eigenvalue weighted by Gasteiger charge is 2.45. The third kappa shape index (κ3) is 3.16. The lowest BCUT2D eigenvalue weighted by Gasteiger charge is -2.39. The first kappa shape index (κ1) is 17.5. The zero-order valence-electron chi connectivity index (χ0n) is 15.0. The van der Waals surface area contributed by atoms with Crippen LogP contribution in [0.5, 0.6) is 0 Å². The normalized spacial score (nSPS) is 25.3. The molecule has 2 atom stereocenters. The van der Waals surface area contributed by atoms with Gasteiger partial charge >= 0.3 is 6.09 Å². The van der Waals surface area contributed by atoms with Crippen LogP contribution in [0.4, 0.5) is 10.5 Å². The van der Waals surface area contributed by atoms with Crippen molar-refractivity contribution in [2.24, 2.45) is 0 Å². The Hall–Kier alpha value is -0.880. The summed E-state index contributed by atoms with van der Waals surface area (Å²) >= 11 is 5.75. The van der Waals surface area contributed by atoms with Gasteiger partial charge in [-0.05, 0) is 57.1 Å². The van der Waals surface area contributed by atoms with Gasteiger partial charge in [-0.15, -0.1) is 11.8 Å². The molecule has 136 valence electrons. The van der Waals surface area contributed by atoms with Gasteiger partial charge < -0.3 is 14.5 Å². The molecule has 1 fully saturated rings. The van der Waals surface area contributed by atoms with Crippen molar-refractivity contribution >= 4 is 39.5 Å². The van der Waals surface area contributed by atoms with Crippen molar-refractivity contribution in [1.82, 2.24) is 4.90 Å². The van der Waals surface area contributed by atoms with E-state index in [9.17, 15) is 4.79 Å². The molecule has 6 heteroatoms. The Balaban J connectivity index is 1.65. The van der Waals surface area contributed by atoms with Crippen molar-refractivity contribution < 1.29 is 9.53 Å². The number of carbonyl (C=O) groups is 1. The lowest BCUT2D eigenvalue weighted by molar-refractivity contribution is 0.0189. The Bertz CT molecular complexity index is 703. The van der Waals surface area contributed by atoms with Gasteiger partial charge in [0.1, 0.15) is 5.60 Å². The molecule has 0 saturated carbocycles. The monoisotopic (exact) mass is 424 g/mol. The van der Waals surface area contributed by atoms with Crippen LogP contribution in [-0.2, 0) is 4.74 Å². The highest BCUT2D eigenvalue weighted by atomic mass is 79.9. The first-order valence-corrected chi connectivity index (χ1v) is 10.8. The highest BCUT2D eigenvalue weighted by molar-refractivity contribution is 9.10. The summed E-state index contributed by atoms with van der Waals surface area (Å²) in [4.78, 5) is 18.5. The molecule has 0 aliphatic carbocycles. The van der Waals surface area contributed by atoms with Crippen LogP contribution in [-0.4, -0.2) is 48.0 Å². The molecule has 3 aliphatic heterocycles. The van der Waals surface area contributed by atoms with E-state index in [4.69, 9.17) is 4.74 Å². The molecule has 1 saturated heterocycles. The Morgan fingerprint density at radius 3 is 2.88 bits per heavy atom. The summed E-state index contributed by atoms with van der Waals surface area (Å²) in [5, 5.41) is 0. The van der Waals surface area contributed by atoms with Crippen molar-refractivity contribution in [2.45, 2.75) is 56.1 Å². The Kier molecular flexibility index (Phi) is 4.47. The maximum absolute atomic E-state index is 12.6. The maximum atomic E-state index is 12.6. The summed E-state index contributed by atoms with van der Waals surface area (Å²) in [5.74, 6) is 1.55. The van der Waals surface area contributed by atoms with E-state index in [1.165, 1.54) is 32.8 Å². The van der Waals surface area contributed by atoms with E-state index in [0.29, 0.717) is 12.0 Å². The number of likely N-dealkylation sites (tertiary alicyclic amines) is 1. The van der Waals surface area contributed by atoms with E-state index < -0.39 is 5.60 Å². The number of piperidine rings is 1. The molecule has 0 radical (unpaired) electrons. The molecule has 4 rings (SSSR count). The Morgan fingerprint density at radius 2 is 2.12 bits per heavy atom. The van der Waals surface area contributed by atoms with Gasteiger partial charge in [-0.25, -0.2) is 4.79 Å². The minimum atomic E-state index is -0.446. The first-order valence-electron chi connectivity index (χ1n) is 9.05. The van der Waals surface area contributed by atoms with Gasteiger partial charge in [-0.2, -0.15) is 0 Å². The van der Waals surface area contributed by atoms with Crippen molar-refractivity contribution in [3.8, 4) is 0 Å². The van der Waals surface area contributed by atoms with E-state index in [-0.39, 0.29) is 6.09 Å². The highest BCUT2D eigenvalue weighted by Crippen LogP contribution is 2.52. The number of amides is 1. The molecule has 25 heavy (non-hydrogen) atoms. The maximum Gasteiger partial charge on any atom is 0.410 e. The van der Waals surface area contributed by atoms with Gasteiger partial charge in [0.15, 0.2) is 0 Å². The first-order chi connectivity index (χ1) is 11.8. The number of halogens is 1. The van der Waals surface area contributed by atoms with E-state index >= 15 is 0 Å². The average molecular weight is 425 g/mol. The number of benzene rings is 1. The fraction of sp³-hybridized carbons (Fsp3) is 0.632. The predicted octanol–water partition coefficient (Wildman–Crippen LogP) is 4.86. The molecule has 0 bridgehead atoms. The molecule has 1 aromatic carbocycles. The summed E-state index contributed by atoms with van der Waals surface area (Å²) in [6.07, 6.45) is 2.05. The number of nitrogens with zero attached hydrogens (tertiary/aromatic N) is 2. The molecular weight excluding hydrogens is 400 g/mol. The molecule has 0 spiro atoms. The second kappa shape index (κ2) is 6.38. The second-order valence-corrected chi connectivity index (χ2v) is 10.1. The van der Waals surface area contributed by atoms with Gasteiger partial charge in [0.2, 0.25) is 0 Å². The van der Waals surface area contributed by atoms with Crippen LogP contribution >= 0.6 is 27.7 Å². The van der Waals surface area contributed by atoms with Crippen LogP contribution in [0.25, 0.3) is 0 Å². The molecule has 1 aromatic rings. The third-order valence-electron chi connectivity index (χ3n) is 5.21. The van der Waals surface area contributed by atoms with Gasteiger partial charge in [-0.3, -0.25) is 0 Å². The largest absolute Gasteiger partial charge is 0.444 e. The molecule has 0 unspecified atom stereocenters. The number of thioether (sulfide) groups is 1. The molecule has 0 N–H and O–H groups in total. The summed E-state index contributed by atoms with van der Waals surface area (Å²) < 4.78 is 6.79. The summed E-state index contributed by atoms with van der Waals surface area (Å²) in [6.45, 7) is 8.43. The fourth-order valence-electron chi connectivity index (χ4n) is 4.28. The van der Waals surface area contributed by atoms with Crippen molar-refractivity contribution in [2.75, 3.05) is 30.3 Å². The number of carbonyl (C=O) groups excluding carboxylic acids is 1. The molecular formula is C19H25BrN2O2S. The van der Waals surface area contributed by atoms with E-state index in [2.05, 4.69) is 33.0 Å². The summed E-state index contributed by atoms with van der Waals surface area (Å²) in [5.41, 5.74) is 2.36. The van der Waals surface area contributed by atoms with Crippen LogP contribution in [0.3, 0.4) is 0 Å². The number of hydrogen-bond donors (Lipinski definition) is 0. The minimum absolute atomic E-state index is 0.181. The van der Waals surface area contributed by atoms with Crippen molar-refractivity contribution in [3.63, 3.8) is 0 Å². The second-order valence-electron chi connectivity index (χ2n) is 8.09. The van der Waals surface area contributed by atoms with Crippen LogP contribution in [0.15, 0.2) is 21.5 Å². The van der Waals surface area contributed by atoms with Crippen LogP contribution < -0.4 is 4.90 Å². The van der Waals surface area contributed by atoms with Gasteiger partial charge in [0.05, 0.1) is 5.69 Å². The summed E-state index contributed by atoms with van der Waals surface area (Å²) in [6, 6.07) is 4.93. The predicted molar refractivity (Wildman–Crippen MR) is 106 cm³/mol. The molecule has 3 aliphatic rings. The molecule has 0 aromatic heterocycles.